The smallest absolute Gasteiger partial charge is 0.252 e. The van der Waals surface area contributed by atoms with Gasteiger partial charge in [-0.15, -0.1) is 4.85 Å². The first-order chi connectivity index (χ1) is 9.11. The minimum absolute atomic E-state index is 0.0504. The number of carbonyl (C=O) groups excluding carboxylic acids is 1. The normalized spacial score (nSPS) is 10.2. The standard InChI is InChI=1S/C12H11ClN2O4/c1-18-10-4-2-3-8(12(13)16)9(10)7-19-11-5-6-15(17)14-11/h2-6,17H,7H2,1H3. The summed E-state index contributed by atoms with van der Waals surface area (Å²) in [5.74, 6) is 0.719. The third kappa shape index (κ3) is 2.97. The van der Waals surface area contributed by atoms with Crippen LogP contribution in [0.3, 0.4) is 0 Å². The molecular weight excluding hydrogens is 272 g/mol. The number of benzene rings is 1. The van der Waals surface area contributed by atoms with Gasteiger partial charge in [0.15, 0.2) is 0 Å². The van der Waals surface area contributed by atoms with Crippen LogP contribution in [-0.2, 0) is 6.61 Å². The van der Waals surface area contributed by atoms with Crippen LogP contribution in [-0.4, -0.2) is 27.5 Å². The number of ether oxygens (including phenoxy) is 2. The van der Waals surface area contributed by atoms with E-state index < -0.39 is 5.24 Å². The van der Waals surface area contributed by atoms with Gasteiger partial charge in [0.2, 0.25) is 5.88 Å². The topological polar surface area (TPSA) is 73.6 Å². The Balaban J connectivity index is 2.25. The Morgan fingerprint density at radius 2 is 2.26 bits per heavy atom. The fourth-order valence-electron chi connectivity index (χ4n) is 1.61. The molecule has 2 aromatic rings. The molecule has 6 nitrogen and oxygen atoms in total. The van der Waals surface area contributed by atoms with Crippen molar-refractivity contribution in [1.82, 2.24) is 9.94 Å². The van der Waals surface area contributed by atoms with Crippen LogP contribution >= 0.6 is 11.6 Å². The summed E-state index contributed by atoms with van der Waals surface area (Å²) in [7, 11) is 1.49. The molecule has 0 amide bonds. The van der Waals surface area contributed by atoms with Crippen LogP contribution in [0.15, 0.2) is 30.5 Å². The molecule has 0 unspecified atom stereocenters. The summed E-state index contributed by atoms with van der Waals surface area (Å²) in [5, 5.41) is 12.1. The van der Waals surface area contributed by atoms with Crippen LogP contribution in [0.1, 0.15) is 15.9 Å². The molecule has 1 N–H and O–H groups in total. The molecule has 0 bridgehead atoms. The minimum Gasteiger partial charge on any atom is -0.496 e. The van der Waals surface area contributed by atoms with Crippen molar-refractivity contribution in [3.63, 3.8) is 0 Å². The number of hydrogen-bond donors (Lipinski definition) is 1. The highest BCUT2D eigenvalue weighted by molar-refractivity contribution is 6.68. The van der Waals surface area contributed by atoms with Crippen molar-refractivity contribution in [2.24, 2.45) is 0 Å². The van der Waals surface area contributed by atoms with Crippen molar-refractivity contribution >= 4 is 16.8 Å². The molecule has 0 saturated heterocycles. The van der Waals surface area contributed by atoms with Crippen molar-refractivity contribution in [2.45, 2.75) is 6.61 Å². The van der Waals surface area contributed by atoms with E-state index in [1.807, 2.05) is 0 Å². The lowest BCUT2D eigenvalue weighted by Gasteiger charge is -2.11. The van der Waals surface area contributed by atoms with E-state index in [1.165, 1.54) is 19.4 Å². The fourth-order valence-corrected chi connectivity index (χ4v) is 1.79. The second kappa shape index (κ2) is 5.62. The molecule has 1 heterocycles. The maximum Gasteiger partial charge on any atom is 0.252 e. The van der Waals surface area contributed by atoms with E-state index in [0.29, 0.717) is 21.7 Å². The van der Waals surface area contributed by atoms with Crippen molar-refractivity contribution in [3.05, 3.63) is 41.6 Å². The quantitative estimate of drug-likeness (QED) is 0.671. The van der Waals surface area contributed by atoms with Gasteiger partial charge in [0.1, 0.15) is 12.4 Å². The van der Waals surface area contributed by atoms with Crippen LogP contribution in [0.5, 0.6) is 11.6 Å². The van der Waals surface area contributed by atoms with Crippen LogP contribution in [0.25, 0.3) is 0 Å². The highest BCUT2D eigenvalue weighted by Gasteiger charge is 2.15. The van der Waals surface area contributed by atoms with Crippen LogP contribution in [0.4, 0.5) is 0 Å². The van der Waals surface area contributed by atoms with E-state index in [2.05, 4.69) is 5.10 Å². The number of hydrogen-bond acceptors (Lipinski definition) is 5. The van der Waals surface area contributed by atoms with Gasteiger partial charge < -0.3 is 14.7 Å². The predicted molar refractivity (Wildman–Crippen MR) is 66.9 cm³/mol. The van der Waals surface area contributed by atoms with Crippen LogP contribution in [0, 0.1) is 0 Å². The summed E-state index contributed by atoms with van der Waals surface area (Å²) in [6.07, 6.45) is 1.32. The Bertz CT molecular complexity index is 597. The second-order valence-corrected chi connectivity index (χ2v) is 3.97. The first-order valence-electron chi connectivity index (χ1n) is 5.35. The zero-order chi connectivity index (χ0) is 13.8. The molecule has 0 aliphatic rings. The molecule has 1 aromatic heterocycles. The maximum absolute atomic E-state index is 11.3. The van der Waals surface area contributed by atoms with Gasteiger partial charge >= 0.3 is 0 Å². The van der Waals surface area contributed by atoms with E-state index in [1.54, 1.807) is 18.2 Å². The Kier molecular flexibility index (Phi) is 3.91. The highest BCUT2D eigenvalue weighted by atomic mass is 35.5. The number of halogens is 1. The molecule has 0 radical (unpaired) electrons. The van der Waals surface area contributed by atoms with Crippen LogP contribution in [0.2, 0.25) is 0 Å². The van der Waals surface area contributed by atoms with Crippen molar-refractivity contribution in [3.8, 4) is 11.6 Å². The summed E-state index contributed by atoms with van der Waals surface area (Å²) >= 11 is 5.51. The zero-order valence-corrected chi connectivity index (χ0v) is 10.8. The summed E-state index contributed by atoms with van der Waals surface area (Å²) < 4.78 is 10.5. The zero-order valence-electron chi connectivity index (χ0n) is 10.0. The van der Waals surface area contributed by atoms with Gasteiger partial charge in [0.25, 0.3) is 5.24 Å². The van der Waals surface area contributed by atoms with E-state index in [9.17, 15) is 4.79 Å². The van der Waals surface area contributed by atoms with Gasteiger partial charge in [-0.2, -0.15) is 0 Å². The van der Waals surface area contributed by atoms with Crippen molar-refractivity contribution < 1.29 is 19.5 Å². The Morgan fingerprint density at radius 1 is 1.47 bits per heavy atom. The predicted octanol–water partition coefficient (Wildman–Crippen LogP) is 2.09. The number of carbonyl (C=O) groups is 1. The molecule has 0 fully saturated rings. The first-order valence-corrected chi connectivity index (χ1v) is 5.73. The Morgan fingerprint density at radius 3 is 2.84 bits per heavy atom. The lowest BCUT2D eigenvalue weighted by atomic mass is 10.1. The minimum atomic E-state index is -0.592. The molecule has 0 spiro atoms. The SMILES string of the molecule is COc1cccc(C(=O)Cl)c1COc1ccn(O)n1. The van der Waals surface area contributed by atoms with E-state index in [4.69, 9.17) is 26.3 Å². The fraction of sp³-hybridized carbons (Fsp3) is 0.167. The van der Waals surface area contributed by atoms with Gasteiger partial charge in [-0.05, 0) is 23.7 Å². The van der Waals surface area contributed by atoms with Gasteiger partial charge in [-0.3, -0.25) is 4.79 Å². The Labute approximate surface area is 114 Å². The van der Waals surface area contributed by atoms with E-state index in [-0.39, 0.29) is 12.5 Å². The molecule has 100 valence electrons. The molecule has 19 heavy (non-hydrogen) atoms. The number of aromatic nitrogens is 2. The average molecular weight is 283 g/mol. The average Bonchev–Trinajstić information content (AvgIpc) is 2.81. The van der Waals surface area contributed by atoms with E-state index in [0.717, 1.165) is 0 Å². The lowest BCUT2D eigenvalue weighted by Crippen LogP contribution is -2.05. The number of rotatable bonds is 5. The maximum atomic E-state index is 11.3. The summed E-state index contributed by atoms with van der Waals surface area (Å²) in [6.45, 7) is 0.0504. The molecule has 0 aliphatic carbocycles. The summed E-state index contributed by atoms with van der Waals surface area (Å²) in [5.41, 5.74) is 0.835. The van der Waals surface area contributed by atoms with Crippen molar-refractivity contribution in [1.29, 1.82) is 0 Å². The summed E-state index contributed by atoms with van der Waals surface area (Å²) in [4.78, 5) is 12.0. The second-order valence-electron chi connectivity index (χ2n) is 3.62. The molecule has 7 heteroatoms. The van der Waals surface area contributed by atoms with Gasteiger partial charge in [-0.1, -0.05) is 11.2 Å². The van der Waals surface area contributed by atoms with Gasteiger partial charge in [-0.25, -0.2) is 0 Å². The van der Waals surface area contributed by atoms with Crippen LogP contribution < -0.4 is 9.47 Å². The van der Waals surface area contributed by atoms with Gasteiger partial charge in [0, 0.05) is 17.2 Å². The van der Waals surface area contributed by atoms with E-state index >= 15 is 0 Å². The molecule has 2 rings (SSSR count). The number of methoxy groups -OCH3 is 1. The Hall–Kier alpha value is -2.21. The summed E-state index contributed by atoms with van der Waals surface area (Å²) in [6, 6.07) is 6.44. The largest absolute Gasteiger partial charge is 0.496 e. The first kappa shape index (κ1) is 13.2. The third-order valence-electron chi connectivity index (χ3n) is 2.48. The molecule has 0 saturated carbocycles. The monoisotopic (exact) mass is 282 g/mol. The highest BCUT2D eigenvalue weighted by Crippen LogP contribution is 2.25. The molecule has 0 aliphatic heterocycles. The van der Waals surface area contributed by atoms with Gasteiger partial charge in [0.05, 0.1) is 13.3 Å². The third-order valence-corrected chi connectivity index (χ3v) is 2.68. The lowest BCUT2D eigenvalue weighted by molar-refractivity contribution is 0.107. The number of nitrogens with zero attached hydrogens (tertiary/aromatic N) is 2. The molecule has 1 aromatic carbocycles. The van der Waals surface area contributed by atoms with Crippen molar-refractivity contribution in [2.75, 3.05) is 7.11 Å². The molecule has 0 atom stereocenters. The molecular formula is C12H11ClN2O4.